The van der Waals surface area contributed by atoms with Gasteiger partial charge in [-0.3, -0.25) is 15.0 Å². The molecule has 2 aliphatic heterocycles. The number of aryl methyl sites for hydroxylation is 1. The Morgan fingerprint density at radius 3 is 2.44 bits per heavy atom. The van der Waals surface area contributed by atoms with Crippen molar-refractivity contribution in [2.75, 3.05) is 26.7 Å². The first-order valence-electron chi connectivity index (χ1n) is 13.1. The molecule has 0 aliphatic carbocycles. The van der Waals surface area contributed by atoms with Gasteiger partial charge in [-0.15, -0.1) is 0 Å². The molecular weight excluding hydrogens is 498 g/mol. The van der Waals surface area contributed by atoms with E-state index in [1.807, 2.05) is 25.1 Å². The number of rotatable bonds is 9. The number of nitrogens with zero attached hydrogens (tertiary/aromatic N) is 2. The molecule has 9 nitrogen and oxygen atoms in total. The van der Waals surface area contributed by atoms with E-state index in [2.05, 4.69) is 22.3 Å². The van der Waals surface area contributed by atoms with Crippen molar-refractivity contribution in [3.05, 3.63) is 98.4 Å². The van der Waals surface area contributed by atoms with E-state index in [4.69, 9.17) is 9.47 Å². The van der Waals surface area contributed by atoms with Gasteiger partial charge in [-0.05, 0) is 51.3 Å². The molecule has 2 aromatic carbocycles. The van der Waals surface area contributed by atoms with Crippen molar-refractivity contribution < 1.29 is 24.0 Å². The number of hydrogen-bond acceptors (Lipinski definition) is 8. The minimum atomic E-state index is -0.877. The van der Waals surface area contributed by atoms with Crippen molar-refractivity contribution in [2.45, 2.75) is 51.6 Å². The minimum absolute atomic E-state index is 0.132. The van der Waals surface area contributed by atoms with E-state index in [0.29, 0.717) is 29.9 Å². The average Bonchev–Trinajstić information content (AvgIpc) is 3.28. The van der Waals surface area contributed by atoms with Gasteiger partial charge in [0.15, 0.2) is 0 Å². The van der Waals surface area contributed by atoms with Crippen molar-refractivity contribution in [2.24, 2.45) is 0 Å². The van der Waals surface area contributed by atoms with E-state index in [9.17, 15) is 19.7 Å². The Morgan fingerprint density at radius 2 is 1.77 bits per heavy atom. The number of ether oxygens (including phenoxy) is 2. The lowest BCUT2D eigenvalue weighted by atomic mass is 9.80. The van der Waals surface area contributed by atoms with Gasteiger partial charge in [0.1, 0.15) is 5.60 Å². The highest BCUT2D eigenvalue weighted by Crippen LogP contribution is 2.41. The summed E-state index contributed by atoms with van der Waals surface area (Å²) in [5.74, 6) is -2.05. The number of non-ortho nitro benzene ring substituents is 1. The van der Waals surface area contributed by atoms with Gasteiger partial charge in [-0.1, -0.05) is 42.5 Å². The number of benzene rings is 2. The number of esters is 2. The number of likely N-dealkylation sites (tertiary alicyclic amines) is 1. The fraction of sp³-hybridized carbons (Fsp3) is 0.400. The second-order valence-corrected chi connectivity index (χ2v) is 10.4. The summed E-state index contributed by atoms with van der Waals surface area (Å²) in [4.78, 5) is 40.0. The number of nitro groups is 1. The van der Waals surface area contributed by atoms with E-state index in [0.717, 1.165) is 25.9 Å². The fourth-order valence-corrected chi connectivity index (χ4v) is 5.53. The van der Waals surface area contributed by atoms with Crippen molar-refractivity contribution in [1.82, 2.24) is 10.2 Å². The SMILES string of the molecule is COC(=O)C1=C(C)NC(C)=C(C(=O)OC2(C)CCN(CCCc3ccccc3)C2)C1c1cccc([N+](=O)[O-])c1. The van der Waals surface area contributed by atoms with Crippen LogP contribution < -0.4 is 5.32 Å². The molecule has 2 aromatic rings. The van der Waals surface area contributed by atoms with Crippen LogP contribution in [0.2, 0.25) is 0 Å². The first-order valence-corrected chi connectivity index (χ1v) is 13.1. The summed E-state index contributed by atoms with van der Waals surface area (Å²) in [5.41, 5.74) is 2.41. The molecule has 39 heavy (non-hydrogen) atoms. The van der Waals surface area contributed by atoms with Crippen LogP contribution in [0.15, 0.2) is 77.1 Å². The molecular formula is C30H35N3O6. The molecule has 9 heteroatoms. The molecule has 0 spiro atoms. The van der Waals surface area contributed by atoms with E-state index in [1.165, 1.54) is 24.8 Å². The van der Waals surface area contributed by atoms with Crippen LogP contribution in [0.4, 0.5) is 5.69 Å². The van der Waals surface area contributed by atoms with Crippen LogP contribution in [0.1, 0.15) is 50.7 Å². The second kappa shape index (κ2) is 11.8. The number of nitro benzene ring substituents is 1. The molecule has 1 fully saturated rings. The maximum Gasteiger partial charge on any atom is 0.337 e. The summed E-state index contributed by atoms with van der Waals surface area (Å²) in [7, 11) is 1.27. The van der Waals surface area contributed by atoms with E-state index in [1.54, 1.807) is 26.0 Å². The van der Waals surface area contributed by atoms with Crippen LogP contribution in [-0.2, 0) is 25.5 Å². The van der Waals surface area contributed by atoms with Gasteiger partial charge in [0, 0.05) is 43.0 Å². The molecule has 2 unspecified atom stereocenters. The number of allylic oxidation sites excluding steroid dienone is 2. The molecule has 2 aliphatic rings. The van der Waals surface area contributed by atoms with Crippen LogP contribution in [0, 0.1) is 10.1 Å². The molecule has 1 N–H and O–H groups in total. The Morgan fingerprint density at radius 1 is 1.08 bits per heavy atom. The number of carbonyl (C=O) groups excluding carboxylic acids is 2. The van der Waals surface area contributed by atoms with E-state index < -0.39 is 28.4 Å². The molecule has 1 saturated heterocycles. The third kappa shape index (κ3) is 6.37. The normalized spacial score (nSPS) is 21.5. The lowest BCUT2D eigenvalue weighted by molar-refractivity contribution is -0.384. The summed E-state index contributed by atoms with van der Waals surface area (Å²) in [5, 5.41) is 14.6. The Balaban J connectivity index is 1.54. The van der Waals surface area contributed by atoms with Gasteiger partial charge < -0.3 is 14.8 Å². The minimum Gasteiger partial charge on any atom is -0.466 e. The number of methoxy groups -OCH3 is 1. The summed E-state index contributed by atoms with van der Waals surface area (Å²) < 4.78 is 11.2. The van der Waals surface area contributed by atoms with Crippen molar-refractivity contribution in [1.29, 1.82) is 0 Å². The first kappa shape index (κ1) is 28.0. The molecule has 0 bridgehead atoms. The third-order valence-corrected chi connectivity index (χ3v) is 7.44. The maximum atomic E-state index is 13.8. The Hall–Kier alpha value is -3.98. The zero-order chi connectivity index (χ0) is 28.2. The zero-order valence-electron chi connectivity index (χ0n) is 22.9. The maximum absolute atomic E-state index is 13.8. The predicted molar refractivity (Wildman–Crippen MR) is 147 cm³/mol. The van der Waals surface area contributed by atoms with Crippen molar-refractivity contribution in [3.8, 4) is 0 Å². The monoisotopic (exact) mass is 533 g/mol. The van der Waals surface area contributed by atoms with E-state index in [-0.39, 0.29) is 16.8 Å². The quantitative estimate of drug-likeness (QED) is 0.282. The summed E-state index contributed by atoms with van der Waals surface area (Å²) >= 11 is 0. The standard InChI is InChI=1S/C30H35N3O6/c1-20-25(28(34)38-4)27(23-13-8-14-24(18-23)33(36)37)26(21(2)31-20)29(35)39-30(3)15-17-32(19-30)16-9-12-22-10-6-5-7-11-22/h5-8,10-11,13-14,18,27,31H,9,12,15-17,19H2,1-4H3. The summed E-state index contributed by atoms with van der Waals surface area (Å²) in [6.45, 7) is 7.71. The van der Waals surface area contributed by atoms with Crippen LogP contribution in [-0.4, -0.2) is 54.1 Å². The lowest BCUT2D eigenvalue weighted by Crippen LogP contribution is -2.39. The lowest BCUT2D eigenvalue weighted by Gasteiger charge is -2.32. The van der Waals surface area contributed by atoms with Gasteiger partial charge >= 0.3 is 11.9 Å². The first-order chi connectivity index (χ1) is 18.6. The highest BCUT2D eigenvalue weighted by Gasteiger charge is 2.42. The number of carbonyl (C=O) groups is 2. The topological polar surface area (TPSA) is 111 Å². The molecule has 0 radical (unpaired) electrons. The number of dihydropyridines is 1. The highest BCUT2D eigenvalue weighted by molar-refractivity contribution is 6.00. The molecule has 206 valence electrons. The zero-order valence-corrected chi connectivity index (χ0v) is 22.9. The average molecular weight is 534 g/mol. The van der Waals surface area contributed by atoms with Gasteiger partial charge in [0.05, 0.1) is 29.1 Å². The molecule has 4 rings (SSSR count). The fourth-order valence-electron chi connectivity index (χ4n) is 5.53. The van der Waals surface area contributed by atoms with Crippen LogP contribution in [0.3, 0.4) is 0 Å². The van der Waals surface area contributed by atoms with Crippen LogP contribution in [0.5, 0.6) is 0 Å². The number of nitrogens with one attached hydrogen (secondary N) is 1. The van der Waals surface area contributed by atoms with Crippen LogP contribution in [0.25, 0.3) is 0 Å². The summed E-state index contributed by atoms with van der Waals surface area (Å²) in [6.07, 6.45) is 2.67. The predicted octanol–water partition coefficient (Wildman–Crippen LogP) is 4.64. The van der Waals surface area contributed by atoms with Gasteiger partial charge in [0.2, 0.25) is 0 Å². The second-order valence-electron chi connectivity index (χ2n) is 10.4. The summed E-state index contributed by atoms with van der Waals surface area (Å²) in [6, 6.07) is 16.3. The highest BCUT2D eigenvalue weighted by atomic mass is 16.6. The van der Waals surface area contributed by atoms with Gasteiger partial charge in [-0.2, -0.15) is 0 Å². The van der Waals surface area contributed by atoms with E-state index >= 15 is 0 Å². The molecule has 0 amide bonds. The van der Waals surface area contributed by atoms with Crippen molar-refractivity contribution >= 4 is 17.6 Å². The Bertz CT molecular complexity index is 1320. The van der Waals surface area contributed by atoms with Gasteiger partial charge in [0.25, 0.3) is 5.69 Å². The molecule has 2 atom stereocenters. The van der Waals surface area contributed by atoms with Crippen LogP contribution >= 0.6 is 0 Å². The smallest absolute Gasteiger partial charge is 0.337 e. The largest absolute Gasteiger partial charge is 0.466 e. The molecule has 0 saturated carbocycles. The third-order valence-electron chi connectivity index (χ3n) is 7.44. The Labute approximate surface area is 228 Å². The van der Waals surface area contributed by atoms with Gasteiger partial charge in [-0.25, -0.2) is 9.59 Å². The van der Waals surface area contributed by atoms with Crippen molar-refractivity contribution in [3.63, 3.8) is 0 Å². The molecule has 2 heterocycles. The Kier molecular flexibility index (Phi) is 8.50. The number of hydrogen-bond donors (Lipinski definition) is 1. The molecule has 0 aromatic heterocycles.